The predicted octanol–water partition coefficient (Wildman–Crippen LogP) is 3.55. The third kappa shape index (κ3) is 5.02. The van der Waals surface area contributed by atoms with Crippen molar-refractivity contribution in [3.05, 3.63) is 83.4 Å². The number of phenols is 1. The van der Waals surface area contributed by atoms with E-state index in [-0.39, 0.29) is 17.9 Å². The van der Waals surface area contributed by atoms with Crippen LogP contribution in [-0.2, 0) is 4.79 Å². The molecule has 7 heteroatoms. The van der Waals surface area contributed by atoms with Gasteiger partial charge in [-0.05, 0) is 41.5 Å². The lowest BCUT2D eigenvalue weighted by molar-refractivity contribution is -0.123. The standard InChI is InChI=1S/C21H17ClN2O4/c22-16-8-11-18(19(25)12-16)21(27)24-23-20(26)13-28-17-9-6-15(7-10-17)14-4-2-1-3-5-14/h1-12,25H,13H2,(H,23,26)(H,24,27). The van der Waals surface area contributed by atoms with Gasteiger partial charge >= 0.3 is 0 Å². The lowest BCUT2D eigenvalue weighted by Gasteiger charge is -2.10. The summed E-state index contributed by atoms with van der Waals surface area (Å²) in [5, 5.41) is 10.00. The zero-order valence-electron chi connectivity index (χ0n) is 14.7. The number of hydrazine groups is 1. The number of aromatic hydroxyl groups is 1. The van der Waals surface area contributed by atoms with Gasteiger partial charge in [-0.25, -0.2) is 0 Å². The Labute approximate surface area is 166 Å². The lowest BCUT2D eigenvalue weighted by atomic mass is 10.1. The van der Waals surface area contributed by atoms with Gasteiger partial charge < -0.3 is 9.84 Å². The molecule has 3 rings (SSSR count). The van der Waals surface area contributed by atoms with E-state index in [9.17, 15) is 14.7 Å². The van der Waals surface area contributed by atoms with Crippen LogP contribution in [0.1, 0.15) is 10.4 Å². The van der Waals surface area contributed by atoms with E-state index < -0.39 is 11.8 Å². The van der Waals surface area contributed by atoms with Crippen LogP contribution in [0.2, 0.25) is 5.02 Å². The molecule has 0 spiro atoms. The molecule has 0 aliphatic heterocycles. The fourth-order valence-electron chi connectivity index (χ4n) is 2.45. The number of ether oxygens (including phenoxy) is 1. The molecule has 0 saturated heterocycles. The SMILES string of the molecule is O=C(COc1ccc(-c2ccccc2)cc1)NNC(=O)c1ccc(Cl)cc1O. The number of carbonyl (C=O) groups excluding carboxylic acids is 2. The second-order valence-electron chi connectivity index (χ2n) is 5.84. The first kappa shape index (κ1) is 19.3. The van der Waals surface area contributed by atoms with Crippen LogP contribution in [-0.4, -0.2) is 23.5 Å². The summed E-state index contributed by atoms with van der Waals surface area (Å²) >= 11 is 5.72. The van der Waals surface area contributed by atoms with Gasteiger partial charge in [-0.3, -0.25) is 20.4 Å². The van der Waals surface area contributed by atoms with E-state index >= 15 is 0 Å². The lowest BCUT2D eigenvalue weighted by Crippen LogP contribution is -2.43. The summed E-state index contributed by atoms with van der Waals surface area (Å²) in [5.74, 6) is -0.978. The highest BCUT2D eigenvalue weighted by molar-refractivity contribution is 6.30. The first-order valence-corrected chi connectivity index (χ1v) is 8.77. The van der Waals surface area contributed by atoms with Gasteiger partial charge in [0.25, 0.3) is 11.8 Å². The largest absolute Gasteiger partial charge is 0.507 e. The first-order chi connectivity index (χ1) is 13.5. The van der Waals surface area contributed by atoms with Crippen LogP contribution in [0.5, 0.6) is 11.5 Å². The van der Waals surface area contributed by atoms with Gasteiger partial charge in [-0.2, -0.15) is 0 Å². The zero-order valence-corrected chi connectivity index (χ0v) is 15.4. The average Bonchev–Trinajstić information content (AvgIpc) is 2.71. The van der Waals surface area contributed by atoms with E-state index in [1.807, 2.05) is 42.5 Å². The Kier molecular flexibility index (Phi) is 6.14. The molecule has 0 unspecified atom stereocenters. The van der Waals surface area contributed by atoms with Gasteiger partial charge in [0, 0.05) is 5.02 Å². The van der Waals surface area contributed by atoms with Crippen molar-refractivity contribution in [2.75, 3.05) is 6.61 Å². The molecule has 0 aromatic heterocycles. The van der Waals surface area contributed by atoms with Crippen molar-refractivity contribution in [3.63, 3.8) is 0 Å². The van der Waals surface area contributed by atoms with Crippen molar-refractivity contribution < 1.29 is 19.4 Å². The van der Waals surface area contributed by atoms with Gasteiger partial charge in [0.1, 0.15) is 11.5 Å². The molecule has 0 radical (unpaired) electrons. The molecule has 142 valence electrons. The number of amides is 2. The number of hydrogen-bond acceptors (Lipinski definition) is 4. The minimum Gasteiger partial charge on any atom is -0.507 e. The molecule has 0 aliphatic rings. The highest BCUT2D eigenvalue weighted by atomic mass is 35.5. The number of phenolic OH excluding ortho intramolecular Hbond substituents is 1. The minimum absolute atomic E-state index is 0.0119. The topological polar surface area (TPSA) is 87.7 Å². The van der Waals surface area contributed by atoms with E-state index in [0.717, 1.165) is 11.1 Å². The molecule has 0 saturated carbocycles. The number of nitrogens with one attached hydrogen (secondary N) is 2. The van der Waals surface area contributed by atoms with Crippen molar-refractivity contribution in [1.29, 1.82) is 0 Å². The van der Waals surface area contributed by atoms with Gasteiger partial charge in [-0.1, -0.05) is 54.1 Å². The summed E-state index contributed by atoms with van der Waals surface area (Å²) < 4.78 is 5.41. The molecule has 2 amide bonds. The Balaban J connectivity index is 1.48. The van der Waals surface area contributed by atoms with Crippen molar-refractivity contribution in [1.82, 2.24) is 10.9 Å². The van der Waals surface area contributed by atoms with Crippen LogP contribution in [0.3, 0.4) is 0 Å². The Morgan fingerprint density at radius 1 is 0.893 bits per heavy atom. The fraction of sp³-hybridized carbons (Fsp3) is 0.0476. The normalized spacial score (nSPS) is 10.2. The number of benzene rings is 3. The molecular formula is C21H17ClN2O4. The van der Waals surface area contributed by atoms with E-state index in [2.05, 4.69) is 10.9 Å². The monoisotopic (exact) mass is 396 g/mol. The van der Waals surface area contributed by atoms with Crippen LogP contribution >= 0.6 is 11.6 Å². The van der Waals surface area contributed by atoms with Crippen LogP contribution in [0, 0.1) is 0 Å². The molecule has 6 nitrogen and oxygen atoms in total. The maximum atomic E-state index is 12.0. The average molecular weight is 397 g/mol. The van der Waals surface area contributed by atoms with Crippen molar-refractivity contribution in [3.8, 4) is 22.6 Å². The van der Waals surface area contributed by atoms with Crippen molar-refractivity contribution in [2.45, 2.75) is 0 Å². The highest BCUT2D eigenvalue weighted by Crippen LogP contribution is 2.22. The summed E-state index contributed by atoms with van der Waals surface area (Å²) in [4.78, 5) is 23.8. The van der Waals surface area contributed by atoms with E-state index in [4.69, 9.17) is 16.3 Å². The summed E-state index contributed by atoms with van der Waals surface area (Å²) in [5.41, 5.74) is 6.53. The second-order valence-corrected chi connectivity index (χ2v) is 6.28. The Morgan fingerprint density at radius 3 is 2.25 bits per heavy atom. The second kappa shape index (κ2) is 8.92. The van der Waals surface area contributed by atoms with Gasteiger partial charge in [0.15, 0.2) is 6.61 Å². The molecular weight excluding hydrogens is 380 g/mol. The van der Waals surface area contributed by atoms with Crippen molar-refractivity contribution in [2.24, 2.45) is 0 Å². The summed E-state index contributed by atoms with van der Waals surface area (Å²) in [6, 6.07) is 21.2. The molecule has 0 bridgehead atoms. The third-order valence-electron chi connectivity index (χ3n) is 3.85. The molecule has 0 atom stereocenters. The van der Waals surface area contributed by atoms with E-state index in [1.54, 1.807) is 12.1 Å². The quantitative estimate of drug-likeness (QED) is 0.575. The van der Waals surface area contributed by atoms with Gasteiger partial charge in [-0.15, -0.1) is 0 Å². The predicted molar refractivity (Wildman–Crippen MR) is 106 cm³/mol. The Hall–Kier alpha value is -3.51. The number of rotatable bonds is 5. The van der Waals surface area contributed by atoms with Crippen LogP contribution in [0.25, 0.3) is 11.1 Å². The molecule has 0 aliphatic carbocycles. The minimum atomic E-state index is -0.672. The summed E-state index contributed by atoms with van der Waals surface area (Å²) in [6.45, 7) is -0.280. The van der Waals surface area contributed by atoms with Gasteiger partial charge in [0.05, 0.1) is 5.56 Å². The molecule has 3 aromatic rings. The highest BCUT2D eigenvalue weighted by Gasteiger charge is 2.12. The number of carbonyl (C=O) groups is 2. The molecule has 0 fully saturated rings. The molecule has 0 heterocycles. The fourth-order valence-corrected chi connectivity index (χ4v) is 2.62. The Bertz CT molecular complexity index is 975. The summed E-state index contributed by atoms with van der Waals surface area (Å²) in [6.07, 6.45) is 0. The van der Waals surface area contributed by atoms with Crippen LogP contribution < -0.4 is 15.6 Å². The van der Waals surface area contributed by atoms with Crippen LogP contribution in [0.4, 0.5) is 0 Å². The summed E-state index contributed by atoms with van der Waals surface area (Å²) in [7, 11) is 0. The molecule has 3 N–H and O–H groups in total. The van der Waals surface area contributed by atoms with Gasteiger partial charge in [0.2, 0.25) is 0 Å². The number of hydrogen-bond donors (Lipinski definition) is 3. The smallest absolute Gasteiger partial charge is 0.276 e. The van der Waals surface area contributed by atoms with Crippen molar-refractivity contribution >= 4 is 23.4 Å². The maximum absolute atomic E-state index is 12.0. The third-order valence-corrected chi connectivity index (χ3v) is 4.09. The maximum Gasteiger partial charge on any atom is 0.276 e. The zero-order chi connectivity index (χ0) is 19.9. The number of halogens is 1. The first-order valence-electron chi connectivity index (χ1n) is 8.39. The van der Waals surface area contributed by atoms with E-state index in [1.165, 1.54) is 18.2 Å². The molecule has 28 heavy (non-hydrogen) atoms. The molecule has 3 aromatic carbocycles. The van der Waals surface area contributed by atoms with E-state index in [0.29, 0.717) is 10.8 Å². The van der Waals surface area contributed by atoms with Crippen LogP contribution in [0.15, 0.2) is 72.8 Å². The Morgan fingerprint density at radius 2 is 1.57 bits per heavy atom.